The van der Waals surface area contributed by atoms with Gasteiger partial charge in [0.05, 0.1) is 0 Å². The molecule has 198 valence electrons. The van der Waals surface area contributed by atoms with Gasteiger partial charge in [0.25, 0.3) is 0 Å². The van der Waals surface area contributed by atoms with Crippen LogP contribution in [0.25, 0.3) is 0 Å². The second kappa shape index (κ2) is 31.7. The number of allylic oxidation sites excluding steroid dienone is 2. The van der Waals surface area contributed by atoms with Gasteiger partial charge in [-0.1, -0.05) is 187 Å². The molecular weight excluding hydrogens is 396 g/mol. The third-order valence-electron chi connectivity index (χ3n) is 7.37. The average molecular weight is 463 g/mol. The van der Waals surface area contributed by atoms with Crippen molar-refractivity contribution in [2.75, 3.05) is 0 Å². The van der Waals surface area contributed by atoms with Crippen molar-refractivity contribution in [3.8, 4) is 0 Å². The van der Waals surface area contributed by atoms with Gasteiger partial charge in [0.15, 0.2) is 0 Å². The standard InChI is InChI=1S/C33H66/c1-3-5-7-9-11-13-15-17-19-21-23-25-27-29-31-33-32-30-28-26-24-22-20-18-16-14-12-10-8-6-4-2/h25,27H,3-24,26,28-33H2,1-2H3/b27-25-. The summed E-state index contributed by atoms with van der Waals surface area (Å²) in [6.07, 6.45) is 46.9. The zero-order valence-electron chi connectivity index (χ0n) is 23.7. The van der Waals surface area contributed by atoms with Gasteiger partial charge in [-0.15, -0.1) is 0 Å². The van der Waals surface area contributed by atoms with Crippen LogP contribution in [0.4, 0.5) is 0 Å². The lowest BCUT2D eigenvalue weighted by atomic mass is 10.0. The van der Waals surface area contributed by atoms with Crippen LogP contribution >= 0.6 is 0 Å². The van der Waals surface area contributed by atoms with Gasteiger partial charge in [0.2, 0.25) is 0 Å². The maximum absolute atomic E-state index is 2.46. The van der Waals surface area contributed by atoms with E-state index in [1.165, 1.54) is 186 Å². The maximum Gasteiger partial charge on any atom is -0.0351 e. The number of unbranched alkanes of at least 4 members (excludes halogenated alkanes) is 27. The number of hydrogen-bond acceptors (Lipinski definition) is 0. The Morgan fingerprint density at radius 2 is 0.424 bits per heavy atom. The molecule has 0 radical (unpaired) electrons. The molecular formula is C33H66. The molecule has 0 N–H and O–H groups in total. The Bertz CT molecular complexity index is 342. The van der Waals surface area contributed by atoms with Gasteiger partial charge in [0.1, 0.15) is 0 Å². The summed E-state index contributed by atoms with van der Waals surface area (Å²) in [6, 6.07) is 0. The molecule has 0 aromatic carbocycles. The third-order valence-corrected chi connectivity index (χ3v) is 7.37. The average Bonchev–Trinajstić information content (AvgIpc) is 2.83. The van der Waals surface area contributed by atoms with Crippen molar-refractivity contribution in [2.24, 2.45) is 0 Å². The lowest BCUT2D eigenvalue weighted by Crippen LogP contribution is -1.83. The fourth-order valence-corrected chi connectivity index (χ4v) is 4.97. The van der Waals surface area contributed by atoms with E-state index in [0.717, 1.165) is 0 Å². The third kappa shape index (κ3) is 31.7. The van der Waals surface area contributed by atoms with E-state index in [1.54, 1.807) is 0 Å². The molecule has 0 saturated heterocycles. The monoisotopic (exact) mass is 463 g/mol. The van der Waals surface area contributed by atoms with Crippen LogP contribution in [0.2, 0.25) is 0 Å². The van der Waals surface area contributed by atoms with E-state index in [-0.39, 0.29) is 0 Å². The van der Waals surface area contributed by atoms with Gasteiger partial charge < -0.3 is 0 Å². The Kier molecular flexibility index (Phi) is 31.5. The first-order valence-electron chi connectivity index (χ1n) is 16.1. The van der Waals surface area contributed by atoms with Gasteiger partial charge in [-0.2, -0.15) is 0 Å². The van der Waals surface area contributed by atoms with E-state index in [2.05, 4.69) is 26.0 Å². The molecule has 0 heterocycles. The van der Waals surface area contributed by atoms with Crippen molar-refractivity contribution >= 4 is 0 Å². The van der Waals surface area contributed by atoms with Crippen molar-refractivity contribution < 1.29 is 0 Å². The molecule has 33 heavy (non-hydrogen) atoms. The van der Waals surface area contributed by atoms with Crippen molar-refractivity contribution in [3.63, 3.8) is 0 Å². The molecule has 0 aromatic heterocycles. The highest BCUT2D eigenvalue weighted by atomic mass is 14.0. The summed E-state index contributed by atoms with van der Waals surface area (Å²) in [5, 5.41) is 0. The number of hydrogen-bond donors (Lipinski definition) is 0. The Balaban J connectivity index is 3.06. The highest BCUT2D eigenvalue weighted by Crippen LogP contribution is 2.15. The van der Waals surface area contributed by atoms with Crippen molar-refractivity contribution in [2.45, 2.75) is 200 Å². The smallest absolute Gasteiger partial charge is 0.0351 e. The first kappa shape index (κ1) is 32.7. The molecule has 0 aliphatic heterocycles. The lowest BCUT2D eigenvalue weighted by molar-refractivity contribution is 0.527. The van der Waals surface area contributed by atoms with Crippen molar-refractivity contribution in [1.82, 2.24) is 0 Å². The van der Waals surface area contributed by atoms with Crippen molar-refractivity contribution in [3.05, 3.63) is 12.2 Å². The van der Waals surface area contributed by atoms with E-state index in [9.17, 15) is 0 Å². The summed E-state index contributed by atoms with van der Waals surface area (Å²) in [7, 11) is 0. The molecule has 0 heteroatoms. The zero-order valence-corrected chi connectivity index (χ0v) is 23.7. The van der Waals surface area contributed by atoms with Gasteiger partial charge in [-0.05, 0) is 25.7 Å². The lowest BCUT2D eigenvalue weighted by Gasteiger charge is -2.03. The topological polar surface area (TPSA) is 0 Å². The Morgan fingerprint density at radius 3 is 0.636 bits per heavy atom. The first-order chi connectivity index (χ1) is 16.4. The molecule has 0 fully saturated rings. The minimum atomic E-state index is 1.31. The largest absolute Gasteiger partial charge is 0.0885 e. The van der Waals surface area contributed by atoms with Gasteiger partial charge in [0, 0.05) is 0 Å². The van der Waals surface area contributed by atoms with Crippen LogP contribution in [0.5, 0.6) is 0 Å². The Hall–Kier alpha value is -0.260. The number of rotatable bonds is 29. The van der Waals surface area contributed by atoms with Crippen LogP contribution in [0.15, 0.2) is 12.2 Å². The van der Waals surface area contributed by atoms with Crippen LogP contribution in [-0.4, -0.2) is 0 Å². The first-order valence-corrected chi connectivity index (χ1v) is 16.1. The minimum Gasteiger partial charge on any atom is -0.0885 e. The predicted octanol–water partition coefficient (Wildman–Crippen LogP) is 12.9. The molecule has 0 aromatic rings. The molecule has 0 aliphatic rings. The van der Waals surface area contributed by atoms with E-state index in [1.807, 2.05) is 0 Å². The van der Waals surface area contributed by atoms with E-state index in [0.29, 0.717) is 0 Å². The fraction of sp³-hybridized carbons (Fsp3) is 0.939. The highest BCUT2D eigenvalue weighted by Gasteiger charge is 1.95. The van der Waals surface area contributed by atoms with Gasteiger partial charge in [-0.3, -0.25) is 0 Å². The van der Waals surface area contributed by atoms with E-state index in [4.69, 9.17) is 0 Å². The maximum atomic E-state index is 2.46. The molecule has 0 amide bonds. The summed E-state index contributed by atoms with van der Waals surface area (Å²) < 4.78 is 0. The van der Waals surface area contributed by atoms with Crippen LogP contribution in [0, 0.1) is 0 Å². The quantitative estimate of drug-likeness (QED) is 0.0765. The van der Waals surface area contributed by atoms with Gasteiger partial charge in [-0.25, -0.2) is 0 Å². The van der Waals surface area contributed by atoms with Crippen LogP contribution in [0.3, 0.4) is 0 Å². The molecule has 0 bridgehead atoms. The highest BCUT2D eigenvalue weighted by molar-refractivity contribution is 4.81. The molecule has 0 unspecified atom stereocenters. The second-order valence-corrected chi connectivity index (χ2v) is 10.9. The predicted molar refractivity (Wildman–Crippen MR) is 154 cm³/mol. The SMILES string of the molecule is CCCCCCCCCCCC/C=C\CCCCCCCCCCCCCCCCCCC. The molecule has 0 aliphatic carbocycles. The molecule has 0 rings (SSSR count). The van der Waals surface area contributed by atoms with Crippen LogP contribution < -0.4 is 0 Å². The Labute approximate surface area is 212 Å². The van der Waals surface area contributed by atoms with Crippen LogP contribution in [0.1, 0.15) is 200 Å². The fourth-order valence-electron chi connectivity index (χ4n) is 4.97. The summed E-state index contributed by atoms with van der Waals surface area (Å²) >= 11 is 0. The summed E-state index contributed by atoms with van der Waals surface area (Å²) in [4.78, 5) is 0. The summed E-state index contributed by atoms with van der Waals surface area (Å²) in [5.41, 5.74) is 0. The molecule has 0 atom stereocenters. The van der Waals surface area contributed by atoms with Crippen molar-refractivity contribution in [1.29, 1.82) is 0 Å². The van der Waals surface area contributed by atoms with E-state index < -0.39 is 0 Å². The molecule has 0 spiro atoms. The zero-order chi connectivity index (χ0) is 23.9. The minimum absolute atomic E-state index is 1.31. The normalized spacial score (nSPS) is 11.7. The molecule has 0 saturated carbocycles. The molecule has 0 nitrogen and oxygen atoms in total. The second-order valence-electron chi connectivity index (χ2n) is 10.9. The van der Waals surface area contributed by atoms with E-state index >= 15 is 0 Å². The van der Waals surface area contributed by atoms with Crippen LogP contribution in [-0.2, 0) is 0 Å². The summed E-state index contributed by atoms with van der Waals surface area (Å²) in [6.45, 7) is 4.61. The Morgan fingerprint density at radius 1 is 0.242 bits per heavy atom. The van der Waals surface area contributed by atoms with Gasteiger partial charge >= 0.3 is 0 Å². The summed E-state index contributed by atoms with van der Waals surface area (Å²) in [5.74, 6) is 0.